The average molecular weight is 252 g/mol. The lowest BCUT2D eigenvalue weighted by molar-refractivity contribution is 0.216. The molecule has 84 valence electrons. The fourth-order valence-electron chi connectivity index (χ4n) is 1.35. The number of ether oxygens (including phenoxy) is 1. The Hall–Kier alpha value is -1.07. The molecule has 1 N–H and O–H groups in total. The van der Waals surface area contributed by atoms with E-state index in [9.17, 15) is 0 Å². The number of nitrogens with zero attached hydrogens (tertiary/aromatic N) is 1. The molecule has 0 spiro atoms. The predicted octanol–water partition coefficient (Wildman–Crippen LogP) is 3.13. The van der Waals surface area contributed by atoms with Crippen LogP contribution < -0.4 is 4.74 Å². The van der Waals surface area contributed by atoms with Gasteiger partial charge in [-0.15, -0.1) is 25.3 Å². The number of benzene rings is 1. The quantitative estimate of drug-likeness (QED) is 0.734. The summed E-state index contributed by atoms with van der Waals surface area (Å²) < 4.78 is 5.77. The Morgan fingerprint density at radius 2 is 2.19 bits per heavy atom. The number of aromatic amines is 1. The number of hydrogen-bond donors (Lipinski definition) is 3. The maximum atomic E-state index is 5.77. The third kappa shape index (κ3) is 2.36. The molecule has 0 bridgehead atoms. The summed E-state index contributed by atoms with van der Waals surface area (Å²) in [6.07, 6.45) is 3.28. The summed E-state index contributed by atoms with van der Waals surface area (Å²) >= 11 is 8.64. The largest absolute Gasteiger partial charge is 0.483 e. The molecule has 0 fully saturated rings. The minimum absolute atomic E-state index is 0.0940. The molecule has 0 aliphatic carbocycles. The predicted molar refractivity (Wildman–Crippen MR) is 68.6 cm³/mol. The van der Waals surface area contributed by atoms with Crippen molar-refractivity contribution < 1.29 is 4.74 Å². The van der Waals surface area contributed by atoms with Crippen molar-refractivity contribution in [1.29, 1.82) is 0 Å². The molecule has 0 aliphatic heterocycles. The van der Waals surface area contributed by atoms with Gasteiger partial charge in [0.2, 0.25) is 0 Å². The number of H-pyrrole nitrogens is 1. The maximum absolute atomic E-state index is 5.77. The molecule has 1 unspecified atom stereocenters. The van der Waals surface area contributed by atoms with E-state index in [-0.39, 0.29) is 6.10 Å². The molecule has 5 heteroatoms. The Balaban J connectivity index is 2.18. The highest BCUT2D eigenvalue weighted by molar-refractivity contribution is 7.83. The number of aromatic nitrogens is 2. The van der Waals surface area contributed by atoms with Crippen molar-refractivity contribution in [3.8, 4) is 5.75 Å². The van der Waals surface area contributed by atoms with Crippen LogP contribution >= 0.6 is 25.3 Å². The van der Waals surface area contributed by atoms with E-state index in [0.29, 0.717) is 0 Å². The first-order chi connectivity index (χ1) is 7.68. The van der Waals surface area contributed by atoms with Gasteiger partial charge in [0.1, 0.15) is 11.9 Å². The normalized spacial score (nSPS) is 12.4. The number of nitrogens with one attached hydrogen (secondary N) is 1. The van der Waals surface area contributed by atoms with Gasteiger partial charge in [-0.1, -0.05) is 6.07 Å². The molecule has 1 aromatic heterocycles. The van der Waals surface area contributed by atoms with Gasteiger partial charge in [-0.25, -0.2) is 4.98 Å². The second-order valence-corrected chi connectivity index (χ2v) is 4.32. The van der Waals surface area contributed by atoms with Gasteiger partial charge < -0.3 is 9.72 Å². The Morgan fingerprint density at radius 1 is 1.38 bits per heavy atom. The standard InChI is InChI=1S/C11H12N2OS2/c1-7(8-5-12-6-13-8)14-9-3-2-4-10(15)11(9)16/h2-7,15-16H,1H3,(H,12,13). The molecule has 1 heterocycles. The third-order valence-corrected chi connectivity index (χ3v) is 3.25. The Bertz CT molecular complexity index is 471. The van der Waals surface area contributed by atoms with Gasteiger partial charge in [-0.05, 0) is 19.1 Å². The molecule has 0 amide bonds. The van der Waals surface area contributed by atoms with Gasteiger partial charge in [0.25, 0.3) is 0 Å². The lowest BCUT2D eigenvalue weighted by atomic mass is 10.3. The maximum Gasteiger partial charge on any atom is 0.137 e. The number of thiol groups is 2. The van der Waals surface area contributed by atoms with Crippen LogP contribution in [0.25, 0.3) is 0 Å². The van der Waals surface area contributed by atoms with Crippen molar-refractivity contribution in [3.05, 3.63) is 36.4 Å². The topological polar surface area (TPSA) is 37.9 Å². The zero-order chi connectivity index (χ0) is 11.5. The monoisotopic (exact) mass is 252 g/mol. The van der Waals surface area contributed by atoms with Crippen LogP contribution in [0.4, 0.5) is 0 Å². The molecule has 0 radical (unpaired) electrons. The van der Waals surface area contributed by atoms with Crippen molar-refractivity contribution in [2.24, 2.45) is 0 Å². The van der Waals surface area contributed by atoms with Crippen LogP contribution in [0.1, 0.15) is 18.7 Å². The highest BCUT2D eigenvalue weighted by Gasteiger charge is 2.11. The van der Waals surface area contributed by atoms with Gasteiger partial charge in [0.05, 0.1) is 23.1 Å². The summed E-state index contributed by atoms with van der Waals surface area (Å²) in [5.41, 5.74) is 0.928. The average Bonchev–Trinajstić information content (AvgIpc) is 2.78. The van der Waals surface area contributed by atoms with Crippen LogP contribution in [0.2, 0.25) is 0 Å². The smallest absolute Gasteiger partial charge is 0.137 e. The SMILES string of the molecule is CC(Oc1cccc(S)c1S)c1cnc[nH]1. The fourth-order valence-corrected chi connectivity index (χ4v) is 1.75. The van der Waals surface area contributed by atoms with Crippen LogP contribution in [-0.4, -0.2) is 9.97 Å². The van der Waals surface area contributed by atoms with Crippen LogP contribution in [0.5, 0.6) is 5.75 Å². The summed E-state index contributed by atoms with van der Waals surface area (Å²) in [5, 5.41) is 0. The van der Waals surface area contributed by atoms with Crippen LogP contribution in [0.15, 0.2) is 40.5 Å². The molecular formula is C11H12N2OS2. The zero-order valence-electron chi connectivity index (χ0n) is 8.71. The van der Waals surface area contributed by atoms with E-state index in [1.807, 2.05) is 25.1 Å². The van der Waals surface area contributed by atoms with Gasteiger partial charge in [-0.2, -0.15) is 0 Å². The summed E-state index contributed by atoms with van der Waals surface area (Å²) in [6, 6.07) is 5.63. The minimum atomic E-state index is -0.0940. The molecule has 0 saturated heterocycles. The number of imidazole rings is 1. The highest BCUT2D eigenvalue weighted by Crippen LogP contribution is 2.31. The van der Waals surface area contributed by atoms with Crippen LogP contribution in [-0.2, 0) is 0 Å². The first kappa shape index (κ1) is 11.4. The van der Waals surface area contributed by atoms with E-state index < -0.39 is 0 Å². The van der Waals surface area contributed by atoms with Crippen molar-refractivity contribution in [2.75, 3.05) is 0 Å². The van der Waals surface area contributed by atoms with Crippen molar-refractivity contribution in [1.82, 2.24) is 9.97 Å². The first-order valence-corrected chi connectivity index (χ1v) is 5.74. The van der Waals surface area contributed by atoms with E-state index in [0.717, 1.165) is 21.2 Å². The molecule has 2 rings (SSSR count). The van der Waals surface area contributed by atoms with Crippen LogP contribution in [0.3, 0.4) is 0 Å². The van der Waals surface area contributed by atoms with Crippen molar-refractivity contribution in [2.45, 2.75) is 22.8 Å². The van der Waals surface area contributed by atoms with Crippen LogP contribution in [0, 0.1) is 0 Å². The van der Waals surface area contributed by atoms with E-state index >= 15 is 0 Å². The summed E-state index contributed by atoms with van der Waals surface area (Å²) in [5.74, 6) is 0.720. The van der Waals surface area contributed by atoms with Gasteiger partial charge in [0.15, 0.2) is 0 Å². The van der Waals surface area contributed by atoms with Gasteiger partial charge >= 0.3 is 0 Å². The third-order valence-electron chi connectivity index (χ3n) is 2.24. The molecule has 3 nitrogen and oxygen atoms in total. The molecule has 2 aromatic rings. The summed E-state index contributed by atoms with van der Waals surface area (Å²) in [7, 11) is 0. The van der Waals surface area contributed by atoms with E-state index in [1.165, 1.54) is 0 Å². The Kier molecular flexibility index (Phi) is 3.46. The lowest BCUT2D eigenvalue weighted by Gasteiger charge is -2.15. The summed E-state index contributed by atoms with van der Waals surface area (Å²) in [4.78, 5) is 8.52. The van der Waals surface area contributed by atoms with E-state index in [1.54, 1.807) is 12.5 Å². The minimum Gasteiger partial charge on any atom is -0.483 e. The highest BCUT2D eigenvalue weighted by atomic mass is 32.1. The van der Waals surface area contributed by atoms with Crippen molar-refractivity contribution in [3.63, 3.8) is 0 Å². The lowest BCUT2D eigenvalue weighted by Crippen LogP contribution is -2.03. The Labute approximate surface area is 105 Å². The second kappa shape index (κ2) is 4.84. The second-order valence-electron chi connectivity index (χ2n) is 3.39. The van der Waals surface area contributed by atoms with Gasteiger partial charge in [0, 0.05) is 4.90 Å². The Morgan fingerprint density at radius 3 is 2.88 bits per heavy atom. The molecule has 1 atom stereocenters. The molecule has 0 aliphatic rings. The molecular weight excluding hydrogens is 240 g/mol. The zero-order valence-corrected chi connectivity index (χ0v) is 10.5. The van der Waals surface area contributed by atoms with Gasteiger partial charge in [-0.3, -0.25) is 0 Å². The summed E-state index contributed by atoms with van der Waals surface area (Å²) in [6.45, 7) is 1.95. The fraction of sp³-hybridized carbons (Fsp3) is 0.182. The number of rotatable bonds is 3. The van der Waals surface area contributed by atoms with E-state index in [2.05, 4.69) is 35.2 Å². The number of hydrogen-bond acceptors (Lipinski definition) is 4. The molecule has 1 aromatic carbocycles. The van der Waals surface area contributed by atoms with E-state index in [4.69, 9.17) is 4.74 Å². The van der Waals surface area contributed by atoms with Crippen molar-refractivity contribution >= 4 is 25.3 Å². The molecule has 16 heavy (non-hydrogen) atoms. The first-order valence-electron chi connectivity index (χ1n) is 4.84. The molecule has 0 saturated carbocycles.